The lowest BCUT2D eigenvalue weighted by Gasteiger charge is -2.25. The molecule has 1 aromatic carbocycles. The van der Waals surface area contributed by atoms with Gasteiger partial charge in [-0.25, -0.2) is 13.4 Å². The molecule has 0 saturated carbocycles. The molecule has 29 heavy (non-hydrogen) atoms. The van der Waals surface area contributed by atoms with E-state index in [2.05, 4.69) is 9.72 Å². The van der Waals surface area contributed by atoms with Crippen LogP contribution in [0.2, 0.25) is 0 Å². The van der Waals surface area contributed by atoms with Gasteiger partial charge in [0.1, 0.15) is 4.90 Å². The number of sulfonamides is 1. The summed E-state index contributed by atoms with van der Waals surface area (Å²) in [6, 6.07) is 7.86. The number of methoxy groups -OCH3 is 1. The highest BCUT2D eigenvalue weighted by Gasteiger charge is 2.26. The first-order chi connectivity index (χ1) is 13.9. The maximum atomic E-state index is 12.6. The molecule has 7 nitrogen and oxygen atoms in total. The van der Waals surface area contributed by atoms with E-state index in [-0.39, 0.29) is 16.4 Å². The number of thioether (sulfide) groups is 1. The van der Waals surface area contributed by atoms with Crippen molar-refractivity contribution in [1.29, 1.82) is 0 Å². The number of ether oxygens (including phenoxy) is 3. The Hall–Kier alpha value is -1.95. The predicted molar refractivity (Wildman–Crippen MR) is 103 cm³/mol. The number of rotatable bonds is 8. The summed E-state index contributed by atoms with van der Waals surface area (Å²) in [5, 5.41) is 0.637. The maximum absolute atomic E-state index is 12.6. The van der Waals surface area contributed by atoms with Gasteiger partial charge in [0, 0.05) is 25.0 Å². The summed E-state index contributed by atoms with van der Waals surface area (Å²) in [6.07, 6.45) is 1.34. The summed E-state index contributed by atoms with van der Waals surface area (Å²) < 4.78 is 66.1. The van der Waals surface area contributed by atoms with E-state index in [1.165, 1.54) is 41.5 Å². The zero-order valence-electron chi connectivity index (χ0n) is 15.6. The standard InChI is InChI=1S/C18H20F2N2O5S2/c1-25-16-10-13(2-4-15(16)27-18(19)20)12-28-17-5-3-14(11-21-17)29(23,24)22-6-8-26-9-7-22/h2-5,10-11,18H,6-9,12H2,1H3. The Morgan fingerprint density at radius 3 is 2.59 bits per heavy atom. The zero-order chi connectivity index (χ0) is 20.9. The van der Waals surface area contributed by atoms with Gasteiger partial charge in [0.05, 0.1) is 25.3 Å². The van der Waals surface area contributed by atoms with Crippen LogP contribution in [0.3, 0.4) is 0 Å². The van der Waals surface area contributed by atoms with Gasteiger partial charge in [-0.2, -0.15) is 13.1 Å². The Morgan fingerprint density at radius 1 is 1.21 bits per heavy atom. The molecule has 0 N–H and O–H groups in total. The van der Waals surface area contributed by atoms with Crippen LogP contribution >= 0.6 is 11.8 Å². The Labute approximate surface area is 172 Å². The largest absolute Gasteiger partial charge is 0.493 e. The Balaban J connectivity index is 1.64. The van der Waals surface area contributed by atoms with Crippen LogP contribution in [0.4, 0.5) is 8.78 Å². The number of morpholine rings is 1. The van der Waals surface area contributed by atoms with E-state index >= 15 is 0 Å². The minimum atomic E-state index is -3.58. The van der Waals surface area contributed by atoms with Gasteiger partial charge in [-0.3, -0.25) is 0 Å². The monoisotopic (exact) mass is 446 g/mol. The second kappa shape index (κ2) is 9.70. The van der Waals surface area contributed by atoms with Crippen molar-refractivity contribution >= 4 is 21.8 Å². The van der Waals surface area contributed by atoms with Crippen LogP contribution in [0, 0.1) is 0 Å². The van der Waals surface area contributed by atoms with Gasteiger partial charge < -0.3 is 14.2 Å². The van der Waals surface area contributed by atoms with Crippen molar-refractivity contribution < 1.29 is 31.4 Å². The molecule has 0 aliphatic carbocycles. The van der Waals surface area contributed by atoms with Crippen LogP contribution in [0.25, 0.3) is 0 Å². The minimum Gasteiger partial charge on any atom is -0.493 e. The molecule has 0 radical (unpaired) electrons. The molecule has 1 aliphatic heterocycles. The fourth-order valence-electron chi connectivity index (χ4n) is 2.69. The molecule has 0 atom stereocenters. The van der Waals surface area contributed by atoms with Crippen molar-refractivity contribution in [3.8, 4) is 11.5 Å². The van der Waals surface area contributed by atoms with Crippen molar-refractivity contribution in [1.82, 2.24) is 9.29 Å². The third kappa shape index (κ3) is 5.56. The number of pyridine rings is 1. The third-order valence-corrected chi connectivity index (χ3v) is 7.04. The number of aromatic nitrogens is 1. The summed E-state index contributed by atoms with van der Waals surface area (Å²) >= 11 is 1.38. The molecule has 2 heterocycles. The number of benzene rings is 1. The molecule has 1 aliphatic rings. The minimum absolute atomic E-state index is 0.0351. The number of alkyl halides is 2. The maximum Gasteiger partial charge on any atom is 0.387 e. The van der Waals surface area contributed by atoms with E-state index in [9.17, 15) is 17.2 Å². The van der Waals surface area contributed by atoms with Crippen molar-refractivity contribution in [2.75, 3.05) is 33.4 Å². The third-order valence-electron chi connectivity index (χ3n) is 4.15. The van der Waals surface area contributed by atoms with Crippen molar-refractivity contribution in [2.45, 2.75) is 22.3 Å². The Morgan fingerprint density at radius 2 is 1.97 bits per heavy atom. The molecule has 1 fully saturated rings. The predicted octanol–water partition coefficient (Wildman–Crippen LogP) is 3.00. The summed E-state index contributed by atoms with van der Waals surface area (Å²) in [4.78, 5) is 4.36. The topological polar surface area (TPSA) is 78.0 Å². The van der Waals surface area contributed by atoms with Crippen molar-refractivity contribution in [2.24, 2.45) is 0 Å². The van der Waals surface area contributed by atoms with E-state index in [0.717, 1.165) is 5.56 Å². The van der Waals surface area contributed by atoms with Gasteiger partial charge in [-0.15, -0.1) is 11.8 Å². The summed E-state index contributed by atoms with van der Waals surface area (Å²) in [5.74, 6) is 0.670. The quantitative estimate of drug-likeness (QED) is 0.577. The lowest BCUT2D eigenvalue weighted by molar-refractivity contribution is -0.0512. The molecule has 1 aromatic heterocycles. The Bertz CT molecular complexity index is 920. The number of nitrogens with zero attached hydrogens (tertiary/aromatic N) is 2. The van der Waals surface area contributed by atoms with E-state index < -0.39 is 16.6 Å². The van der Waals surface area contributed by atoms with E-state index in [4.69, 9.17) is 9.47 Å². The number of halogens is 2. The number of hydrogen-bond acceptors (Lipinski definition) is 7. The van der Waals surface area contributed by atoms with Gasteiger partial charge >= 0.3 is 6.61 Å². The average Bonchev–Trinajstić information content (AvgIpc) is 2.73. The molecular weight excluding hydrogens is 426 g/mol. The van der Waals surface area contributed by atoms with Crippen molar-refractivity contribution in [3.63, 3.8) is 0 Å². The lowest BCUT2D eigenvalue weighted by atomic mass is 10.2. The first-order valence-corrected chi connectivity index (χ1v) is 11.1. The average molecular weight is 446 g/mol. The first-order valence-electron chi connectivity index (χ1n) is 8.68. The van der Waals surface area contributed by atoms with E-state index in [1.54, 1.807) is 18.2 Å². The van der Waals surface area contributed by atoms with Crippen LogP contribution in [-0.2, 0) is 20.5 Å². The highest BCUT2D eigenvalue weighted by molar-refractivity contribution is 7.98. The van der Waals surface area contributed by atoms with Gasteiger partial charge in [-0.1, -0.05) is 6.07 Å². The molecular formula is C18H20F2N2O5S2. The Kier molecular flexibility index (Phi) is 7.28. The van der Waals surface area contributed by atoms with E-state index in [0.29, 0.717) is 37.1 Å². The van der Waals surface area contributed by atoms with Crippen LogP contribution in [0.15, 0.2) is 46.5 Å². The molecule has 2 aromatic rings. The highest BCUT2D eigenvalue weighted by atomic mass is 32.2. The highest BCUT2D eigenvalue weighted by Crippen LogP contribution is 2.32. The lowest BCUT2D eigenvalue weighted by Crippen LogP contribution is -2.40. The smallest absolute Gasteiger partial charge is 0.387 e. The first kappa shape index (κ1) is 21.8. The SMILES string of the molecule is COc1cc(CSc2ccc(S(=O)(=O)N3CCOCC3)cn2)ccc1OC(F)F. The van der Waals surface area contributed by atoms with Crippen LogP contribution in [-0.4, -0.2) is 57.7 Å². The summed E-state index contributed by atoms with van der Waals surface area (Å²) in [6.45, 7) is -1.52. The summed E-state index contributed by atoms with van der Waals surface area (Å²) in [5.41, 5.74) is 0.820. The normalized spacial score (nSPS) is 15.4. The summed E-state index contributed by atoms with van der Waals surface area (Å²) in [7, 11) is -2.21. The number of hydrogen-bond donors (Lipinski definition) is 0. The second-order valence-electron chi connectivity index (χ2n) is 6.00. The van der Waals surface area contributed by atoms with Crippen molar-refractivity contribution in [3.05, 3.63) is 42.1 Å². The molecule has 0 amide bonds. The molecule has 11 heteroatoms. The van der Waals surface area contributed by atoms with Gasteiger partial charge in [0.25, 0.3) is 0 Å². The van der Waals surface area contributed by atoms with E-state index in [1.807, 2.05) is 0 Å². The molecule has 3 rings (SSSR count). The molecule has 0 bridgehead atoms. The van der Waals surface area contributed by atoms with Crippen LogP contribution in [0.1, 0.15) is 5.56 Å². The molecule has 0 spiro atoms. The van der Waals surface area contributed by atoms with Crippen LogP contribution in [0.5, 0.6) is 11.5 Å². The second-order valence-corrected chi connectivity index (χ2v) is 8.93. The van der Waals surface area contributed by atoms with Gasteiger partial charge in [-0.05, 0) is 29.8 Å². The fraction of sp³-hybridized carbons (Fsp3) is 0.389. The molecule has 0 unspecified atom stereocenters. The molecule has 1 saturated heterocycles. The van der Waals surface area contributed by atoms with Gasteiger partial charge in [0.15, 0.2) is 11.5 Å². The van der Waals surface area contributed by atoms with Crippen LogP contribution < -0.4 is 9.47 Å². The fourth-order valence-corrected chi connectivity index (χ4v) is 4.83. The van der Waals surface area contributed by atoms with Gasteiger partial charge in [0.2, 0.25) is 10.0 Å². The zero-order valence-corrected chi connectivity index (χ0v) is 17.2. The molecule has 158 valence electrons.